The molecule has 2 atom stereocenters. The highest BCUT2D eigenvalue weighted by molar-refractivity contribution is 5.99. The number of nitrogens with zero attached hydrogens (tertiary/aromatic N) is 1. The first kappa shape index (κ1) is 34.0. The Morgan fingerprint density at radius 2 is 1.76 bits per heavy atom. The minimum atomic E-state index is -1.02. The molecule has 0 unspecified atom stereocenters. The summed E-state index contributed by atoms with van der Waals surface area (Å²) in [6.07, 6.45) is 0.237. The molecular weight excluding hydrogens is 584 g/mol. The molecule has 0 aromatic heterocycles. The van der Waals surface area contributed by atoms with Crippen LogP contribution < -0.4 is 25.4 Å². The average molecular weight is 629 g/mol. The van der Waals surface area contributed by atoms with E-state index in [4.69, 9.17) is 9.47 Å². The Balaban J connectivity index is 1.48. The van der Waals surface area contributed by atoms with Gasteiger partial charge in [0.1, 0.15) is 36.8 Å². The SMILES string of the molecule is Cc1ccc(C(C)C)cc1OCCNC(=O)[C@@H]1CCC(=O)N[C@@H](Cc2ccccc2)C(=O)N(C)CCOc2ccccc2C(=O)N1. The van der Waals surface area contributed by atoms with Gasteiger partial charge >= 0.3 is 0 Å². The van der Waals surface area contributed by atoms with E-state index in [1.54, 1.807) is 31.3 Å². The molecule has 244 valence electrons. The zero-order valence-electron chi connectivity index (χ0n) is 27.0. The number of hydrogen-bond donors (Lipinski definition) is 3. The molecule has 4 amide bonds. The number of para-hydroxylation sites is 1. The van der Waals surface area contributed by atoms with E-state index in [1.165, 1.54) is 4.90 Å². The first-order chi connectivity index (χ1) is 22.1. The number of ether oxygens (including phenoxy) is 2. The Labute approximate surface area is 270 Å². The molecule has 0 bridgehead atoms. The second-order valence-corrected chi connectivity index (χ2v) is 11.8. The van der Waals surface area contributed by atoms with Gasteiger partial charge in [-0.3, -0.25) is 19.2 Å². The zero-order chi connectivity index (χ0) is 33.1. The van der Waals surface area contributed by atoms with Gasteiger partial charge in [0.25, 0.3) is 5.91 Å². The highest BCUT2D eigenvalue weighted by atomic mass is 16.5. The summed E-state index contributed by atoms with van der Waals surface area (Å²) in [4.78, 5) is 54.9. The Morgan fingerprint density at radius 1 is 1.02 bits per heavy atom. The van der Waals surface area contributed by atoms with Crippen LogP contribution in [0.15, 0.2) is 72.8 Å². The molecular formula is C36H44N4O6. The molecule has 0 fully saturated rings. The molecule has 0 spiro atoms. The minimum Gasteiger partial charge on any atom is -0.491 e. The topological polar surface area (TPSA) is 126 Å². The van der Waals surface area contributed by atoms with Crippen molar-refractivity contribution in [1.29, 1.82) is 0 Å². The van der Waals surface area contributed by atoms with Crippen LogP contribution in [0.3, 0.4) is 0 Å². The Bertz CT molecular complexity index is 1510. The Hall–Kier alpha value is -4.86. The molecule has 3 aromatic rings. The number of amides is 4. The summed E-state index contributed by atoms with van der Waals surface area (Å²) in [5.74, 6) is -0.178. The first-order valence-corrected chi connectivity index (χ1v) is 15.7. The molecule has 4 rings (SSSR count). The van der Waals surface area contributed by atoms with Gasteiger partial charge in [0, 0.05) is 19.9 Å². The molecule has 1 aliphatic rings. The number of likely N-dealkylation sites (N-methyl/N-ethyl adjacent to an activating group) is 1. The normalized spacial score (nSPS) is 17.9. The average Bonchev–Trinajstić information content (AvgIpc) is 3.05. The zero-order valence-corrected chi connectivity index (χ0v) is 27.0. The molecule has 0 radical (unpaired) electrons. The van der Waals surface area contributed by atoms with Gasteiger partial charge in [0.2, 0.25) is 17.7 Å². The van der Waals surface area contributed by atoms with Crippen molar-refractivity contribution in [3.8, 4) is 11.5 Å². The minimum absolute atomic E-state index is 0.0188. The van der Waals surface area contributed by atoms with Crippen LogP contribution in [0.25, 0.3) is 0 Å². The summed E-state index contributed by atoms with van der Waals surface area (Å²) >= 11 is 0. The lowest BCUT2D eigenvalue weighted by Crippen LogP contribution is -2.50. The quantitative estimate of drug-likeness (QED) is 0.326. The fraction of sp³-hybridized carbons (Fsp3) is 0.389. The van der Waals surface area contributed by atoms with Gasteiger partial charge in [-0.15, -0.1) is 0 Å². The molecule has 1 heterocycles. The standard InChI is InChI=1S/C36H44N4O6/c1-24(2)27-15-14-25(3)32(23-27)45-20-18-37-35(43)29-16-17-33(41)38-30(22-26-10-6-5-7-11-26)36(44)40(4)19-21-46-31-13-9-8-12-28(31)34(42)39-29/h5-15,23-24,29-30H,16-22H2,1-4H3,(H,37,43)(H,38,41)(H,39,42)/t29-,30-/m0/s1. The van der Waals surface area contributed by atoms with Gasteiger partial charge in [-0.1, -0.05) is 68.4 Å². The highest BCUT2D eigenvalue weighted by Gasteiger charge is 2.28. The summed E-state index contributed by atoms with van der Waals surface area (Å²) in [6.45, 7) is 6.98. The van der Waals surface area contributed by atoms with Crippen molar-refractivity contribution in [1.82, 2.24) is 20.9 Å². The second kappa shape index (κ2) is 16.5. The van der Waals surface area contributed by atoms with E-state index < -0.39 is 29.8 Å². The van der Waals surface area contributed by atoms with E-state index in [2.05, 4.69) is 35.9 Å². The van der Waals surface area contributed by atoms with Gasteiger partial charge in [-0.05, 0) is 54.2 Å². The van der Waals surface area contributed by atoms with Crippen LogP contribution in [0.2, 0.25) is 0 Å². The maximum atomic E-state index is 13.4. The van der Waals surface area contributed by atoms with Gasteiger partial charge < -0.3 is 30.3 Å². The van der Waals surface area contributed by atoms with Gasteiger partial charge in [-0.25, -0.2) is 0 Å². The Morgan fingerprint density at radius 3 is 2.52 bits per heavy atom. The smallest absolute Gasteiger partial charge is 0.255 e. The lowest BCUT2D eigenvalue weighted by atomic mass is 10.0. The number of hydrogen-bond acceptors (Lipinski definition) is 6. The van der Waals surface area contributed by atoms with E-state index in [0.717, 1.165) is 22.4 Å². The molecule has 0 aliphatic carbocycles. The molecule has 0 saturated carbocycles. The van der Waals surface area contributed by atoms with Crippen molar-refractivity contribution in [2.24, 2.45) is 0 Å². The molecule has 10 heteroatoms. The lowest BCUT2D eigenvalue weighted by molar-refractivity contribution is -0.135. The fourth-order valence-corrected chi connectivity index (χ4v) is 5.14. The summed E-state index contributed by atoms with van der Waals surface area (Å²) in [7, 11) is 1.65. The van der Waals surface area contributed by atoms with Crippen LogP contribution in [-0.4, -0.2) is 74.0 Å². The van der Waals surface area contributed by atoms with E-state index in [-0.39, 0.29) is 50.6 Å². The molecule has 3 aromatic carbocycles. The number of nitrogens with one attached hydrogen (secondary N) is 3. The van der Waals surface area contributed by atoms with Crippen molar-refractivity contribution < 1.29 is 28.7 Å². The number of rotatable bonds is 8. The van der Waals surface area contributed by atoms with Crippen LogP contribution in [0.4, 0.5) is 0 Å². The van der Waals surface area contributed by atoms with Crippen molar-refractivity contribution in [3.63, 3.8) is 0 Å². The monoisotopic (exact) mass is 628 g/mol. The van der Waals surface area contributed by atoms with E-state index in [0.29, 0.717) is 18.1 Å². The van der Waals surface area contributed by atoms with Crippen molar-refractivity contribution in [2.75, 3.05) is 33.4 Å². The number of benzene rings is 3. The second-order valence-electron chi connectivity index (χ2n) is 11.8. The third-order valence-electron chi connectivity index (χ3n) is 7.93. The predicted octanol–water partition coefficient (Wildman–Crippen LogP) is 3.77. The molecule has 1 aliphatic heterocycles. The third-order valence-corrected chi connectivity index (χ3v) is 7.93. The molecule has 46 heavy (non-hydrogen) atoms. The van der Waals surface area contributed by atoms with Crippen LogP contribution in [0, 0.1) is 6.92 Å². The first-order valence-electron chi connectivity index (χ1n) is 15.7. The van der Waals surface area contributed by atoms with Crippen LogP contribution in [-0.2, 0) is 20.8 Å². The van der Waals surface area contributed by atoms with Gasteiger partial charge in [0.05, 0.1) is 18.7 Å². The summed E-state index contributed by atoms with van der Waals surface area (Å²) < 4.78 is 11.9. The third kappa shape index (κ3) is 9.57. The fourth-order valence-electron chi connectivity index (χ4n) is 5.14. The van der Waals surface area contributed by atoms with Gasteiger partial charge in [-0.2, -0.15) is 0 Å². The van der Waals surface area contributed by atoms with Crippen LogP contribution in [0.1, 0.15) is 59.7 Å². The lowest BCUT2D eigenvalue weighted by Gasteiger charge is -2.25. The number of aryl methyl sites for hydroxylation is 1. The summed E-state index contributed by atoms with van der Waals surface area (Å²) in [5, 5.41) is 8.48. The largest absolute Gasteiger partial charge is 0.491 e. The summed E-state index contributed by atoms with van der Waals surface area (Å²) in [5.41, 5.74) is 3.30. The molecule has 3 N–H and O–H groups in total. The highest BCUT2D eigenvalue weighted by Crippen LogP contribution is 2.24. The number of carbonyl (C=O) groups excluding carboxylic acids is 4. The van der Waals surface area contributed by atoms with E-state index >= 15 is 0 Å². The number of fused-ring (bicyclic) bond motifs is 1. The predicted molar refractivity (Wildman–Crippen MR) is 176 cm³/mol. The van der Waals surface area contributed by atoms with Gasteiger partial charge in [0.15, 0.2) is 0 Å². The Kier molecular flexibility index (Phi) is 12.2. The molecule has 0 saturated heterocycles. The van der Waals surface area contributed by atoms with Crippen molar-refractivity contribution >= 4 is 23.6 Å². The van der Waals surface area contributed by atoms with E-state index in [9.17, 15) is 19.2 Å². The number of carbonyl (C=O) groups is 4. The summed E-state index contributed by atoms with van der Waals surface area (Å²) in [6, 6.07) is 20.4. The van der Waals surface area contributed by atoms with Crippen molar-refractivity contribution in [3.05, 3.63) is 95.1 Å². The van der Waals surface area contributed by atoms with Crippen LogP contribution >= 0.6 is 0 Å². The maximum absolute atomic E-state index is 13.4. The molecule has 10 nitrogen and oxygen atoms in total. The van der Waals surface area contributed by atoms with E-state index in [1.807, 2.05) is 49.4 Å². The maximum Gasteiger partial charge on any atom is 0.255 e. The van der Waals surface area contributed by atoms with Crippen LogP contribution in [0.5, 0.6) is 11.5 Å². The van der Waals surface area contributed by atoms with Crippen molar-refractivity contribution in [2.45, 2.75) is 58.0 Å².